The van der Waals surface area contributed by atoms with E-state index in [0.717, 1.165) is 11.3 Å². The molecule has 1 fully saturated rings. The third kappa shape index (κ3) is 6.08. The van der Waals surface area contributed by atoms with Crippen molar-refractivity contribution in [3.8, 4) is 22.8 Å². The number of hydrogen-bond acceptors (Lipinski definition) is 7. The lowest BCUT2D eigenvalue weighted by Gasteiger charge is -2.20. The van der Waals surface area contributed by atoms with Gasteiger partial charge in [0.1, 0.15) is 17.2 Å². The molecule has 10 nitrogen and oxygen atoms in total. The van der Waals surface area contributed by atoms with Crippen molar-refractivity contribution in [2.75, 3.05) is 11.9 Å². The Labute approximate surface area is 214 Å². The van der Waals surface area contributed by atoms with Crippen LogP contribution in [-0.4, -0.2) is 38.4 Å². The van der Waals surface area contributed by atoms with Gasteiger partial charge in [0.15, 0.2) is 0 Å². The third-order valence-electron chi connectivity index (χ3n) is 6.11. The summed E-state index contributed by atoms with van der Waals surface area (Å²) >= 11 is 0. The van der Waals surface area contributed by atoms with Crippen LogP contribution in [0.25, 0.3) is 11.3 Å². The van der Waals surface area contributed by atoms with Crippen LogP contribution in [0.4, 0.5) is 11.4 Å². The molecule has 0 saturated carbocycles. The van der Waals surface area contributed by atoms with Crippen molar-refractivity contribution >= 4 is 23.2 Å². The molecule has 0 spiro atoms. The molecule has 2 heterocycles. The summed E-state index contributed by atoms with van der Waals surface area (Å²) < 4.78 is 6.08. The van der Waals surface area contributed by atoms with E-state index < -0.39 is 10.8 Å². The van der Waals surface area contributed by atoms with Gasteiger partial charge >= 0.3 is 0 Å². The van der Waals surface area contributed by atoms with Crippen molar-refractivity contribution in [1.29, 1.82) is 0 Å². The maximum Gasteiger partial charge on any atom is 0.296 e. The van der Waals surface area contributed by atoms with Crippen molar-refractivity contribution in [3.63, 3.8) is 0 Å². The van der Waals surface area contributed by atoms with Gasteiger partial charge in [-0.3, -0.25) is 19.7 Å². The molecule has 192 valence electrons. The van der Waals surface area contributed by atoms with Gasteiger partial charge in [-0.15, -0.1) is 0 Å². The molecule has 0 radical (unpaired) electrons. The summed E-state index contributed by atoms with van der Waals surface area (Å²) in [5, 5.41) is 22.8. The Bertz CT molecular complexity index is 1320. The maximum atomic E-state index is 12.4. The lowest BCUT2D eigenvalue weighted by molar-refractivity contribution is -0.384. The van der Waals surface area contributed by atoms with E-state index in [1.165, 1.54) is 19.1 Å². The second-order valence-corrected chi connectivity index (χ2v) is 9.62. The average molecular weight is 504 g/mol. The molecule has 37 heavy (non-hydrogen) atoms. The zero-order valence-electron chi connectivity index (χ0n) is 21.2. The summed E-state index contributed by atoms with van der Waals surface area (Å²) in [4.78, 5) is 37.0. The number of nitro benzene ring substituents is 1. The number of rotatable bonds is 8. The van der Waals surface area contributed by atoms with Gasteiger partial charge < -0.3 is 15.0 Å². The quantitative estimate of drug-likeness (QED) is 0.326. The predicted molar refractivity (Wildman–Crippen MR) is 138 cm³/mol. The second-order valence-electron chi connectivity index (χ2n) is 9.62. The summed E-state index contributed by atoms with van der Waals surface area (Å²) in [5.74, 6) is 0.767. The predicted octanol–water partition coefficient (Wildman–Crippen LogP) is 5.29. The highest BCUT2D eigenvalue weighted by Crippen LogP contribution is 2.37. The van der Waals surface area contributed by atoms with Gasteiger partial charge in [-0.1, -0.05) is 20.8 Å². The maximum absolute atomic E-state index is 12.4. The number of nitrogens with one attached hydrogen (secondary N) is 1. The fourth-order valence-electron chi connectivity index (χ4n) is 4.23. The van der Waals surface area contributed by atoms with Gasteiger partial charge in [-0.25, -0.2) is 0 Å². The molecule has 1 N–H and O–H groups in total. The molecule has 1 atom stereocenters. The van der Waals surface area contributed by atoms with Crippen molar-refractivity contribution in [3.05, 3.63) is 69.9 Å². The van der Waals surface area contributed by atoms with Crippen LogP contribution >= 0.6 is 0 Å². The summed E-state index contributed by atoms with van der Waals surface area (Å²) in [7, 11) is 0. The van der Waals surface area contributed by atoms with Crippen molar-refractivity contribution in [1.82, 2.24) is 15.1 Å². The summed E-state index contributed by atoms with van der Waals surface area (Å²) in [6, 6.07) is 13.8. The van der Waals surface area contributed by atoms with E-state index in [0.29, 0.717) is 30.0 Å². The SMILES string of the molecule is CC(=O)Nc1cc(CN2CC(C)CC2=O)c(Oc2ccc(-c3ccc(C(C)C)nn3)cc2)cc1[N+](=O)[O-]. The number of amides is 2. The molecule has 1 aliphatic heterocycles. The van der Waals surface area contributed by atoms with E-state index in [1.54, 1.807) is 17.0 Å². The first-order chi connectivity index (χ1) is 17.6. The van der Waals surface area contributed by atoms with E-state index in [4.69, 9.17) is 4.74 Å². The number of benzene rings is 2. The average Bonchev–Trinajstić information content (AvgIpc) is 3.16. The summed E-state index contributed by atoms with van der Waals surface area (Å²) in [6.45, 7) is 8.17. The van der Waals surface area contributed by atoms with Crippen molar-refractivity contribution in [2.24, 2.45) is 5.92 Å². The van der Waals surface area contributed by atoms with Crippen LogP contribution in [0.1, 0.15) is 51.3 Å². The minimum absolute atomic E-state index is 0.00632. The molecule has 4 rings (SSSR count). The number of nitro groups is 1. The first kappa shape index (κ1) is 25.7. The minimum Gasteiger partial charge on any atom is -0.457 e. The van der Waals surface area contributed by atoms with Gasteiger partial charge in [-0.2, -0.15) is 10.2 Å². The van der Waals surface area contributed by atoms with E-state index in [9.17, 15) is 19.7 Å². The molecule has 1 saturated heterocycles. The number of hydrogen-bond donors (Lipinski definition) is 1. The van der Waals surface area contributed by atoms with E-state index in [1.807, 2.05) is 31.2 Å². The van der Waals surface area contributed by atoms with Crippen LogP contribution < -0.4 is 10.1 Å². The minimum atomic E-state index is -0.576. The molecule has 10 heteroatoms. The highest BCUT2D eigenvalue weighted by molar-refractivity contribution is 5.92. The van der Waals surface area contributed by atoms with Gasteiger partial charge in [0.25, 0.3) is 5.69 Å². The number of ether oxygens (including phenoxy) is 1. The molecule has 2 aromatic carbocycles. The van der Waals surface area contributed by atoms with E-state index >= 15 is 0 Å². The standard InChI is InChI=1S/C27H29N5O5/c1-16(2)22-9-10-23(30-29-22)19-5-7-21(8-6-19)37-26-13-25(32(35)36)24(28-18(4)33)12-20(26)15-31-14-17(3)11-27(31)34/h5-10,12-13,16-17H,11,14-15H2,1-4H3,(H,28,33). The summed E-state index contributed by atoms with van der Waals surface area (Å²) in [6.07, 6.45) is 0.449. The Hall–Kier alpha value is -4.34. The molecule has 0 aliphatic carbocycles. The summed E-state index contributed by atoms with van der Waals surface area (Å²) in [5.41, 5.74) is 2.78. The number of nitrogens with zero attached hydrogens (tertiary/aromatic N) is 4. The lowest BCUT2D eigenvalue weighted by Crippen LogP contribution is -2.24. The lowest BCUT2D eigenvalue weighted by atomic mass is 10.1. The number of aromatic nitrogens is 2. The van der Waals surface area contributed by atoms with Crippen molar-refractivity contribution in [2.45, 2.75) is 46.6 Å². The van der Waals surface area contributed by atoms with Gasteiger partial charge in [-0.05, 0) is 54.3 Å². The molecular formula is C27H29N5O5. The fraction of sp³-hybridized carbons (Fsp3) is 0.333. The van der Waals surface area contributed by atoms with Crippen LogP contribution in [0, 0.1) is 16.0 Å². The Kier molecular flexibility index (Phi) is 7.47. The fourth-order valence-corrected chi connectivity index (χ4v) is 4.23. The van der Waals surface area contributed by atoms with Crippen LogP contribution in [0.15, 0.2) is 48.5 Å². The number of anilines is 1. The third-order valence-corrected chi connectivity index (χ3v) is 6.11. The van der Waals surface area contributed by atoms with Gasteiger partial charge in [0.2, 0.25) is 11.8 Å². The Balaban J connectivity index is 1.65. The largest absolute Gasteiger partial charge is 0.457 e. The van der Waals surface area contributed by atoms with Crippen LogP contribution in [0.5, 0.6) is 11.5 Å². The highest BCUT2D eigenvalue weighted by atomic mass is 16.6. The van der Waals surface area contributed by atoms with Crippen LogP contribution in [0.2, 0.25) is 0 Å². The second kappa shape index (κ2) is 10.7. The molecule has 1 aliphatic rings. The zero-order chi connectivity index (χ0) is 26.7. The van der Waals surface area contributed by atoms with Crippen LogP contribution in [0.3, 0.4) is 0 Å². The number of carbonyl (C=O) groups excluding carboxylic acids is 2. The Morgan fingerprint density at radius 3 is 2.46 bits per heavy atom. The molecular weight excluding hydrogens is 474 g/mol. The Morgan fingerprint density at radius 2 is 1.92 bits per heavy atom. The van der Waals surface area contributed by atoms with Gasteiger partial charge in [0.05, 0.1) is 22.4 Å². The molecule has 1 unspecified atom stereocenters. The first-order valence-corrected chi connectivity index (χ1v) is 12.1. The normalized spacial score (nSPS) is 15.2. The first-order valence-electron chi connectivity index (χ1n) is 12.1. The number of carbonyl (C=O) groups is 2. The van der Waals surface area contributed by atoms with E-state index in [-0.39, 0.29) is 41.4 Å². The molecule has 0 bridgehead atoms. The smallest absolute Gasteiger partial charge is 0.296 e. The van der Waals surface area contributed by atoms with E-state index in [2.05, 4.69) is 29.4 Å². The monoisotopic (exact) mass is 503 g/mol. The zero-order valence-corrected chi connectivity index (χ0v) is 21.2. The number of likely N-dealkylation sites (tertiary alicyclic amines) is 1. The Morgan fingerprint density at radius 1 is 1.19 bits per heavy atom. The molecule has 3 aromatic rings. The van der Waals surface area contributed by atoms with Crippen LogP contribution in [-0.2, 0) is 16.1 Å². The topological polar surface area (TPSA) is 128 Å². The molecule has 1 aromatic heterocycles. The molecule has 2 amide bonds. The van der Waals surface area contributed by atoms with Crippen molar-refractivity contribution < 1.29 is 19.2 Å². The van der Waals surface area contributed by atoms with Gasteiger partial charge in [0, 0.05) is 37.6 Å². The highest BCUT2D eigenvalue weighted by Gasteiger charge is 2.29.